The summed E-state index contributed by atoms with van der Waals surface area (Å²) < 4.78 is 12.6. The van der Waals surface area contributed by atoms with Crippen LogP contribution in [0.25, 0.3) is 54.2 Å². The molecule has 6 nitrogen and oxygen atoms in total. The molecule has 0 saturated heterocycles. The van der Waals surface area contributed by atoms with E-state index in [1.54, 1.807) is 0 Å². The van der Waals surface area contributed by atoms with Gasteiger partial charge in [-0.05, 0) is 198 Å². The smallest absolute Gasteiger partial charge is 0.127 e. The van der Waals surface area contributed by atoms with Crippen molar-refractivity contribution in [3.05, 3.63) is 376 Å². The van der Waals surface area contributed by atoms with Crippen molar-refractivity contribution in [2.24, 2.45) is 0 Å². The Hall–Kier alpha value is -12.4. The van der Waals surface area contributed by atoms with Crippen LogP contribution < -0.4 is 29.1 Å². The van der Waals surface area contributed by atoms with Gasteiger partial charge >= 0.3 is 0 Å². The lowest BCUT2D eigenvalue weighted by Crippen LogP contribution is -2.43. The van der Waals surface area contributed by atoms with E-state index in [-0.39, 0.29) is 0 Å². The number of fused-ring (bicyclic) bond motifs is 4. The molecule has 0 radical (unpaired) electrons. The van der Waals surface area contributed by atoms with Crippen LogP contribution in [-0.2, 0) is 0 Å². The minimum Gasteiger partial charge on any atom is -0.457 e. The zero-order valence-electron chi connectivity index (χ0n) is 52.5. The maximum Gasteiger partial charge on any atom is 0.127 e. The molecule has 6 heteroatoms. The Bertz CT molecular complexity index is 5270. The van der Waals surface area contributed by atoms with Crippen LogP contribution in [-0.4, -0.2) is 5.54 Å². The third-order valence-corrected chi connectivity index (χ3v) is 18.2. The van der Waals surface area contributed by atoms with E-state index in [9.17, 15) is 0 Å². The number of hydrogen-bond donors (Lipinski definition) is 0. The van der Waals surface area contributed by atoms with Gasteiger partial charge in [0, 0.05) is 67.1 Å². The molecule has 95 heavy (non-hydrogen) atoms. The number of hydrogen-bond acceptors (Lipinski definition) is 6. The summed E-state index contributed by atoms with van der Waals surface area (Å²) in [6.07, 6.45) is 7.87. The molecule has 15 aromatic carbocycles. The molecule has 16 rings (SSSR count). The lowest BCUT2D eigenvalue weighted by atomic mass is 9.87. The van der Waals surface area contributed by atoms with Crippen molar-refractivity contribution >= 4 is 100.0 Å². The highest BCUT2D eigenvalue weighted by Gasteiger charge is 2.34. The summed E-state index contributed by atoms with van der Waals surface area (Å²) in [5.41, 5.74) is 13.6. The van der Waals surface area contributed by atoms with Crippen LogP contribution in [0.4, 0.5) is 56.9 Å². The predicted molar refractivity (Wildman–Crippen MR) is 398 cm³/mol. The summed E-state index contributed by atoms with van der Waals surface area (Å²) in [6, 6.07) is 125. The van der Waals surface area contributed by atoms with Gasteiger partial charge in [-0.2, -0.15) is 0 Å². The molecule has 0 saturated carbocycles. The maximum atomic E-state index is 6.30. The van der Waals surface area contributed by atoms with Crippen LogP contribution in [0.2, 0.25) is 0 Å². The van der Waals surface area contributed by atoms with Crippen molar-refractivity contribution in [2.45, 2.75) is 18.9 Å². The zero-order valence-corrected chi connectivity index (χ0v) is 52.5. The van der Waals surface area contributed by atoms with Crippen LogP contribution >= 0.6 is 0 Å². The van der Waals surface area contributed by atoms with E-state index in [4.69, 9.17) is 9.47 Å². The molecule has 0 bridgehead atoms. The Morgan fingerprint density at radius 3 is 0.947 bits per heavy atom. The van der Waals surface area contributed by atoms with E-state index in [0.717, 1.165) is 109 Å². The number of ether oxygens (including phenoxy) is 2. The highest BCUT2D eigenvalue weighted by molar-refractivity contribution is 6.02. The van der Waals surface area contributed by atoms with E-state index in [1.807, 2.05) is 72.8 Å². The molecule has 15 aromatic rings. The molecular formula is C89H66N4O2. The molecule has 0 aromatic heterocycles. The summed E-state index contributed by atoms with van der Waals surface area (Å²) in [5.74, 6) is 3.17. The summed E-state index contributed by atoms with van der Waals surface area (Å²) in [6.45, 7) is 2.35. The molecule has 1 aliphatic rings. The van der Waals surface area contributed by atoms with Crippen molar-refractivity contribution in [3.63, 3.8) is 0 Å². The quantitative estimate of drug-likeness (QED) is 0.0903. The monoisotopic (exact) mass is 1220 g/mol. The van der Waals surface area contributed by atoms with Crippen LogP contribution in [0.15, 0.2) is 376 Å². The molecular weight excluding hydrogens is 1160 g/mol. The average molecular weight is 1220 g/mol. The van der Waals surface area contributed by atoms with Gasteiger partial charge in [0.15, 0.2) is 0 Å². The first-order valence-electron chi connectivity index (χ1n) is 32.4. The number of nitrogens with zero attached hydrogens (tertiary/aromatic N) is 4. The topological polar surface area (TPSA) is 31.4 Å². The predicted octanol–water partition coefficient (Wildman–Crippen LogP) is 25.1. The van der Waals surface area contributed by atoms with Crippen molar-refractivity contribution in [2.75, 3.05) is 19.6 Å². The van der Waals surface area contributed by atoms with Crippen molar-refractivity contribution in [1.29, 1.82) is 0 Å². The summed E-state index contributed by atoms with van der Waals surface area (Å²) in [4.78, 5) is 9.65. The zero-order chi connectivity index (χ0) is 63.5. The van der Waals surface area contributed by atoms with E-state index in [2.05, 4.69) is 324 Å². The second-order valence-electron chi connectivity index (χ2n) is 24.3. The number of benzene rings is 15. The Morgan fingerprint density at radius 2 is 0.558 bits per heavy atom. The van der Waals surface area contributed by atoms with Gasteiger partial charge in [0.25, 0.3) is 0 Å². The Balaban J connectivity index is 0.726. The van der Waals surface area contributed by atoms with Gasteiger partial charge in [-0.15, -0.1) is 0 Å². The number of allylic oxidation sites excluding steroid dienone is 1. The van der Waals surface area contributed by atoms with Gasteiger partial charge in [0.05, 0.1) is 22.6 Å². The minimum atomic E-state index is -0.449. The highest BCUT2D eigenvalue weighted by Crippen LogP contribution is 2.47. The fraction of sp³-hybridized carbons (Fsp3) is 0.0337. The van der Waals surface area contributed by atoms with Crippen molar-refractivity contribution in [1.82, 2.24) is 0 Å². The van der Waals surface area contributed by atoms with Crippen molar-refractivity contribution < 1.29 is 9.47 Å². The van der Waals surface area contributed by atoms with Gasteiger partial charge in [-0.25, -0.2) is 0 Å². The summed E-state index contributed by atoms with van der Waals surface area (Å²) >= 11 is 0. The highest BCUT2D eigenvalue weighted by atomic mass is 16.5. The molecule has 0 N–H and O–H groups in total. The first-order chi connectivity index (χ1) is 46.9. The second-order valence-corrected chi connectivity index (χ2v) is 24.3. The Morgan fingerprint density at radius 1 is 0.263 bits per heavy atom. The third kappa shape index (κ3) is 11.6. The summed E-state index contributed by atoms with van der Waals surface area (Å²) in [7, 11) is 0. The largest absolute Gasteiger partial charge is 0.457 e. The molecule has 0 amide bonds. The van der Waals surface area contributed by atoms with Crippen molar-refractivity contribution in [3.8, 4) is 34.1 Å². The SMILES string of the molecule is CC1(N(c2ccc(Oc3ccccc3)cc2)c2cccc3ccccc23)C=CC(N(c2ccc(-c3ccc(N(c4ccc(N(c5ccc(Oc6ccccc6)cc5)c5cccc6ccccc56)cc4)c4cccc5ccccc45)cc3)cc2)c2cccc3ccccc23)=CC1. The summed E-state index contributed by atoms with van der Waals surface area (Å²) in [5, 5.41) is 9.43. The minimum absolute atomic E-state index is 0.449. The first-order valence-corrected chi connectivity index (χ1v) is 32.4. The molecule has 0 aliphatic heterocycles. The van der Waals surface area contributed by atoms with Gasteiger partial charge in [-0.1, -0.05) is 218 Å². The molecule has 1 unspecified atom stereocenters. The molecule has 0 fully saturated rings. The standard InChI is InChI=1S/C89H66N4O2/c1-89(93(88-39-19-27-69-23-11-15-35-84(69)88)76-54-58-80(59-55-76)95-78-30-6-3-7-31-78)62-60-75(61-63-89)92(87-38-18-26-68-22-10-14-34-83(68)87)71-46-42-65(43-47-71)64-40-44-70(45-41-64)90(85-36-16-24-66-20-8-12-32-81(66)85)72-48-50-73(51-49-72)91(86-37-17-25-67-21-9-13-33-82(67)86)74-52-56-79(57-53-74)94-77-28-4-2-5-29-77/h2-62H,63H2,1H3. The lowest BCUT2D eigenvalue weighted by Gasteiger charge is -2.43. The van der Waals surface area contributed by atoms with E-state index in [1.165, 1.54) is 37.7 Å². The molecule has 1 atom stereocenters. The third-order valence-electron chi connectivity index (χ3n) is 18.2. The fourth-order valence-corrected chi connectivity index (χ4v) is 13.6. The van der Waals surface area contributed by atoms with Gasteiger partial charge in [0.1, 0.15) is 23.0 Å². The average Bonchev–Trinajstić information content (AvgIpc) is 0.773. The number of para-hydroxylation sites is 2. The molecule has 0 spiro atoms. The fourth-order valence-electron chi connectivity index (χ4n) is 13.6. The van der Waals surface area contributed by atoms with Crippen LogP contribution in [0.1, 0.15) is 13.3 Å². The normalized spacial score (nSPS) is 13.5. The van der Waals surface area contributed by atoms with Crippen LogP contribution in [0.5, 0.6) is 23.0 Å². The van der Waals surface area contributed by atoms with Gasteiger partial charge in [-0.3, -0.25) is 0 Å². The number of anilines is 10. The van der Waals surface area contributed by atoms with Crippen LogP contribution in [0, 0.1) is 0 Å². The number of rotatable bonds is 17. The maximum absolute atomic E-state index is 6.30. The molecule has 0 heterocycles. The van der Waals surface area contributed by atoms with Crippen LogP contribution in [0.3, 0.4) is 0 Å². The van der Waals surface area contributed by atoms with E-state index >= 15 is 0 Å². The van der Waals surface area contributed by atoms with E-state index < -0.39 is 5.54 Å². The second kappa shape index (κ2) is 25.4. The molecule has 454 valence electrons. The van der Waals surface area contributed by atoms with E-state index in [0.29, 0.717) is 0 Å². The molecule has 1 aliphatic carbocycles. The van der Waals surface area contributed by atoms with Gasteiger partial charge in [0.2, 0.25) is 0 Å². The Labute approximate surface area is 554 Å². The Kier molecular flexibility index (Phi) is 15.4. The van der Waals surface area contributed by atoms with Gasteiger partial charge < -0.3 is 29.1 Å². The first kappa shape index (κ1) is 57.8. The lowest BCUT2D eigenvalue weighted by molar-refractivity contribution is 0.482.